The minimum atomic E-state index is -0.345. The van der Waals surface area contributed by atoms with E-state index in [4.69, 9.17) is 0 Å². The second kappa shape index (κ2) is 8.00. The molecular weight excluding hydrogens is 411 g/mol. The normalized spacial score (nSPS) is 18.0. The zero-order chi connectivity index (χ0) is 21.4. The molecule has 6 heteroatoms. The molecule has 3 aromatic carbocycles. The first-order chi connectivity index (χ1) is 15.1. The SMILES string of the molecule is O=C(c1cccc2ccccc12)N1CCC2(CC1)SCCN2C(=O)c1ccc(F)cc1. The first-order valence-corrected chi connectivity index (χ1v) is 11.5. The van der Waals surface area contributed by atoms with Crippen molar-refractivity contribution in [2.75, 3.05) is 25.4 Å². The number of hydrogen-bond donors (Lipinski definition) is 0. The molecule has 31 heavy (non-hydrogen) atoms. The molecule has 0 atom stereocenters. The third-order valence-electron chi connectivity index (χ3n) is 6.37. The van der Waals surface area contributed by atoms with Gasteiger partial charge in [0.2, 0.25) is 0 Å². The number of likely N-dealkylation sites (tertiary alicyclic amines) is 1. The van der Waals surface area contributed by atoms with Gasteiger partial charge in [-0.2, -0.15) is 0 Å². The van der Waals surface area contributed by atoms with Crippen molar-refractivity contribution in [3.05, 3.63) is 83.7 Å². The molecule has 0 unspecified atom stereocenters. The average molecular weight is 435 g/mol. The van der Waals surface area contributed by atoms with Crippen LogP contribution in [-0.2, 0) is 0 Å². The van der Waals surface area contributed by atoms with Crippen LogP contribution in [0, 0.1) is 5.82 Å². The van der Waals surface area contributed by atoms with Crippen molar-refractivity contribution in [3.63, 3.8) is 0 Å². The molecule has 2 heterocycles. The summed E-state index contributed by atoms with van der Waals surface area (Å²) in [6, 6.07) is 19.5. The molecule has 0 radical (unpaired) electrons. The molecule has 0 N–H and O–H groups in total. The summed E-state index contributed by atoms with van der Waals surface area (Å²) in [6.45, 7) is 1.91. The summed E-state index contributed by atoms with van der Waals surface area (Å²) < 4.78 is 13.3. The van der Waals surface area contributed by atoms with Crippen molar-refractivity contribution >= 4 is 34.3 Å². The predicted molar refractivity (Wildman–Crippen MR) is 122 cm³/mol. The lowest BCUT2D eigenvalue weighted by Gasteiger charge is -2.44. The van der Waals surface area contributed by atoms with Gasteiger partial charge in [-0.05, 0) is 53.9 Å². The predicted octanol–water partition coefficient (Wildman–Crippen LogP) is 4.80. The van der Waals surface area contributed by atoms with Crippen molar-refractivity contribution in [2.24, 2.45) is 0 Å². The van der Waals surface area contributed by atoms with Crippen LogP contribution >= 0.6 is 11.8 Å². The van der Waals surface area contributed by atoms with Gasteiger partial charge in [-0.15, -0.1) is 11.8 Å². The Bertz CT molecular complexity index is 1130. The van der Waals surface area contributed by atoms with Gasteiger partial charge >= 0.3 is 0 Å². The van der Waals surface area contributed by atoms with Crippen LogP contribution in [-0.4, -0.2) is 51.9 Å². The van der Waals surface area contributed by atoms with Crippen molar-refractivity contribution in [1.82, 2.24) is 9.80 Å². The molecule has 2 aliphatic heterocycles. The maximum atomic E-state index is 13.3. The number of carbonyl (C=O) groups is 2. The fourth-order valence-electron chi connectivity index (χ4n) is 4.70. The van der Waals surface area contributed by atoms with Crippen molar-refractivity contribution in [1.29, 1.82) is 0 Å². The third-order valence-corrected chi connectivity index (χ3v) is 7.92. The van der Waals surface area contributed by atoms with E-state index in [2.05, 4.69) is 0 Å². The van der Waals surface area contributed by atoms with Gasteiger partial charge in [0.1, 0.15) is 5.82 Å². The monoisotopic (exact) mass is 434 g/mol. The summed E-state index contributed by atoms with van der Waals surface area (Å²) in [5.41, 5.74) is 1.24. The molecular formula is C25H23FN2O2S. The zero-order valence-electron chi connectivity index (χ0n) is 17.1. The highest BCUT2D eigenvalue weighted by Gasteiger charge is 2.47. The van der Waals surface area contributed by atoms with Gasteiger partial charge in [-0.25, -0.2) is 4.39 Å². The second-order valence-electron chi connectivity index (χ2n) is 8.08. The van der Waals surface area contributed by atoms with Crippen LogP contribution in [0.1, 0.15) is 33.6 Å². The third kappa shape index (κ3) is 3.59. The van der Waals surface area contributed by atoms with Crippen molar-refractivity contribution < 1.29 is 14.0 Å². The average Bonchev–Trinajstić information content (AvgIpc) is 3.21. The number of amides is 2. The number of hydrogen-bond acceptors (Lipinski definition) is 3. The van der Waals surface area contributed by atoms with Crippen LogP contribution in [0.2, 0.25) is 0 Å². The highest BCUT2D eigenvalue weighted by atomic mass is 32.2. The highest BCUT2D eigenvalue weighted by Crippen LogP contribution is 2.44. The Morgan fingerprint density at radius 3 is 2.32 bits per heavy atom. The molecule has 1 spiro atoms. The van der Waals surface area contributed by atoms with Crippen LogP contribution in [0.5, 0.6) is 0 Å². The zero-order valence-corrected chi connectivity index (χ0v) is 17.9. The summed E-state index contributed by atoms with van der Waals surface area (Å²) >= 11 is 1.81. The van der Waals surface area contributed by atoms with Gasteiger partial charge < -0.3 is 9.80 Å². The van der Waals surface area contributed by atoms with E-state index in [1.807, 2.05) is 52.3 Å². The Labute approximate surface area is 185 Å². The molecule has 0 aromatic heterocycles. The largest absolute Gasteiger partial charge is 0.338 e. The number of halogens is 1. The summed E-state index contributed by atoms with van der Waals surface area (Å²) in [7, 11) is 0. The van der Waals surface area contributed by atoms with Gasteiger partial charge in [0.05, 0.1) is 4.87 Å². The topological polar surface area (TPSA) is 40.6 Å². The van der Waals surface area contributed by atoms with Crippen LogP contribution in [0.15, 0.2) is 66.7 Å². The minimum absolute atomic E-state index is 0.0473. The number of carbonyl (C=O) groups excluding carboxylic acids is 2. The number of nitrogens with zero attached hydrogens (tertiary/aromatic N) is 2. The fraction of sp³-hybridized carbons (Fsp3) is 0.280. The molecule has 2 fully saturated rings. The summed E-state index contributed by atoms with van der Waals surface area (Å²) in [4.78, 5) is 30.0. The molecule has 2 amide bonds. The number of piperidine rings is 1. The molecule has 0 aliphatic carbocycles. The van der Waals surface area contributed by atoms with Gasteiger partial charge in [0, 0.05) is 36.5 Å². The van der Waals surface area contributed by atoms with Gasteiger partial charge in [-0.3, -0.25) is 9.59 Å². The number of fused-ring (bicyclic) bond motifs is 1. The highest BCUT2D eigenvalue weighted by molar-refractivity contribution is 8.00. The summed E-state index contributed by atoms with van der Waals surface area (Å²) in [5, 5.41) is 2.03. The first kappa shape index (κ1) is 20.1. The maximum Gasteiger partial charge on any atom is 0.254 e. The van der Waals surface area contributed by atoms with Crippen LogP contribution in [0.25, 0.3) is 10.8 Å². The van der Waals surface area contributed by atoms with E-state index in [-0.39, 0.29) is 22.5 Å². The minimum Gasteiger partial charge on any atom is -0.338 e. The molecule has 2 aliphatic rings. The quantitative estimate of drug-likeness (QED) is 0.582. The molecule has 5 rings (SSSR count). The van der Waals surface area contributed by atoms with Crippen LogP contribution in [0.4, 0.5) is 4.39 Å². The Morgan fingerprint density at radius 1 is 0.839 bits per heavy atom. The number of benzene rings is 3. The van der Waals surface area contributed by atoms with Gasteiger partial charge in [0.15, 0.2) is 0 Å². The lowest BCUT2D eigenvalue weighted by Crippen LogP contribution is -2.53. The maximum absolute atomic E-state index is 13.3. The Hall–Kier alpha value is -2.86. The van der Waals surface area contributed by atoms with E-state index in [0.717, 1.165) is 34.9 Å². The summed E-state index contributed by atoms with van der Waals surface area (Å²) in [5.74, 6) is 0.525. The van der Waals surface area contributed by atoms with Gasteiger partial charge in [-0.1, -0.05) is 36.4 Å². The van der Waals surface area contributed by atoms with Gasteiger partial charge in [0.25, 0.3) is 11.8 Å². The van der Waals surface area contributed by atoms with E-state index >= 15 is 0 Å². The lowest BCUT2D eigenvalue weighted by atomic mass is 9.98. The molecule has 3 aromatic rings. The molecule has 0 bridgehead atoms. The number of rotatable bonds is 2. The first-order valence-electron chi connectivity index (χ1n) is 10.6. The van der Waals surface area contributed by atoms with E-state index in [1.54, 1.807) is 23.9 Å². The molecule has 4 nitrogen and oxygen atoms in total. The van der Waals surface area contributed by atoms with Crippen LogP contribution < -0.4 is 0 Å². The molecule has 0 saturated carbocycles. The van der Waals surface area contributed by atoms with E-state index in [1.165, 1.54) is 12.1 Å². The fourth-order valence-corrected chi connectivity index (χ4v) is 6.15. The summed E-state index contributed by atoms with van der Waals surface area (Å²) in [6.07, 6.45) is 1.47. The molecule has 158 valence electrons. The van der Waals surface area contributed by atoms with E-state index < -0.39 is 0 Å². The standard InChI is InChI=1S/C25H23FN2O2S/c26-20-10-8-19(9-11-20)23(29)28-16-17-31-25(28)12-14-27(15-13-25)24(30)22-7-3-5-18-4-1-2-6-21(18)22/h1-11H,12-17H2. The number of thioether (sulfide) groups is 1. The van der Waals surface area contributed by atoms with E-state index in [9.17, 15) is 14.0 Å². The van der Waals surface area contributed by atoms with Crippen molar-refractivity contribution in [3.8, 4) is 0 Å². The van der Waals surface area contributed by atoms with Crippen molar-refractivity contribution in [2.45, 2.75) is 17.7 Å². The Morgan fingerprint density at radius 2 is 1.55 bits per heavy atom. The smallest absolute Gasteiger partial charge is 0.254 e. The Balaban J connectivity index is 1.33. The van der Waals surface area contributed by atoms with E-state index in [0.29, 0.717) is 25.2 Å². The second-order valence-corrected chi connectivity index (χ2v) is 9.53. The molecule has 2 saturated heterocycles. The van der Waals surface area contributed by atoms with Crippen LogP contribution in [0.3, 0.4) is 0 Å². The Kier molecular flexibility index (Phi) is 5.18. The lowest BCUT2D eigenvalue weighted by molar-refractivity contribution is 0.0498.